The van der Waals surface area contributed by atoms with E-state index in [-0.39, 0.29) is 0 Å². The molecule has 1 atom stereocenters. The smallest absolute Gasteiger partial charge is 0.224 e. The summed E-state index contributed by atoms with van der Waals surface area (Å²) < 4.78 is 5.48. The van der Waals surface area contributed by atoms with Gasteiger partial charge >= 0.3 is 0 Å². The molecule has 28 heavy (non-hydrogen) atoms. The Morgan fingerprint density at radius 1 is 1.21 bits per heavy atom. The monoisotopic (exact) mass is 374 g/mol. The predicted molar refractivity (Wildman–Crippen MR) is 111 cm³/mol. The standard InChI is InChI=1S/C21H22N6O/c1-2-14(17-4-7-22-18(17)3-1)11-25-21-23-8-5-19(27-21)26-20-10-16(12-24-20)15-6-9-28-13-15/h1-5,7-8,10,15,22H,6,9,11-13H2,(H2,23,24,25,26,27). The average Bonchev–Trinajstić information content (AvgIpc) is 3.47. The zero-order valence-corrected chi connectivity index (χ0v) is 15.5. The molecule has 0 aliphatic carbocycles. The quantitative estimate of drug-likeness (QED) is 0.637. The van der Waals surface area contributed by atoms with Crippen LogP contribution in [0.5, 0.6) is 0 Å². The van der Waals surface area contributed by atoms with Crippen molar-refractivity contribution in [2.24, 2.45) is 10.9 Å². The van der Waals surface area contributed by atoms with Crippen LogP contribution in [0.25, 0.3) is 10.9 Å². The topological polar surface area (TPSA) is 87.2 Å². The van der Waals surface area contributed by atoms with Crippen LogP contribution < -0.4 is 10.6 Å². The van der Waals surface area contributed by atoms with Gasteiger partial charge in [0.25, 0.3) is 0 Å². The molecule has 4 heterocycles. The largest absolute Gasteiger partial charge is 0.381 e. The van der Waals surface area contributed by atoms with Crippen LogP contribution in [-0.4, -0.2) is 40.5 Å². The van der Waals surface area contributed by atoms with Crippen LogP contribution in [0, 0.1) is 5.92 Å². The molecule has 5 rings (SSSR count). The number of hydrogen-bond acceptors (Lipinski definition) is 6. The summed E-state index contributed by atoms with van der Waals surface area (Å²) in [4.78, 5) is 16.7. The number of fused-ring (bicyclic) bond motifs is 1. The first-order valence-electron chi connectivity index (χ1n) is 9.57. The summed E-state index contributed by atoms with van der Waals surface area (Å²) in [7, 11) is 0. The highest BCUT2D eigenvalue weighted by atomic mass is 16.5. The van der Waals surface area contributed by atoms with Crippen molar-refractivity contribution >= 4 is 28.5 Å². The number of nitrogens with zero attached hydrogens (tertiary/aromatic N) is 3. The van der Waals surface area contributed by atoms with Crippen LogP contribution in [0.2, 0.25) is 0 Å². The number of aliphatic imine (C=N–C) groups is 1. The summed E-state index contributed by atoms with van der Waals surface area (Å²) in [6, 6.07) is 10.2. The molecule has 3 aromatic rings. The lowest BCUT2D eigenvalue weighted by Gasteiger charge is -2.09. The van der Waals surface area contributed by atoms with Gasteiger partial charge in [-0.3, -0.25) is 4.99 Å². The van der Waals surface area contributed by atoms with Crippen LogP contribution in [0.15, 0.2) is 59.4 Å². The van der Waals surface area contributed by atoms with Gasteiger partial charge in [0.05, 0.1) is 13.2 Å². The maximum absolute atomic E-state index is 5.48. The van der Waals surface area contributed by atoms with Gasteiger partial charge in [-0.15, -0.1) is 0 Å². The highest BCUT2D eigenvalue weighted by Crippen LogP contribution is 2.25. The highest BCUT2D eigenvalue weighted by Gasteiger charge is 2.22. The van der Waals surface area contributed by atoms with Gasteiger partial charge in [0.15, 0.2) is 0 Å². The molecule has 0 amide bonds. The van der Waals surface area contributed by atoms with E-state index in [1.165, 1.54) is 16.5 Å². The van der Waals surface area contributed by atoms with Gasteiger partial charge in [0.1, 0.15) is 11.7 Å². The molecular formula is C21H22N6O. The number of anilines is 2. The predicted octanol–water partition coefficient (Wildman–Crippen LogP) is 3.36. The zero-order chi connectivity index (χ0) is 18.8. The molecule has 142 valence electrons. The van der Waals surface area contributed by atoms with Crippen molar-refractivity contribution in [3.8, 4) is 0 Å². The molecule has 1 fully saturated rings. The number of nitrogens with one attached hydrogen (secondary N) is 3. The van der Waals surface area contributed by atoms with Crippen molar-refractivity contribution in [3.63, 3.8) is 0 Å². The van der Waals surface area contributed by atoms with Crippen LogP contribution >= 0.6 is 0 Å². The van der Waals surface area contributed by atoms with E-state index < -0.39 is 0 Å². The lowest BCUT2D eigenvalue weighted by Crippen LogP contribution is -2.11. The Balaban J connectivity index is 1.25. The summed E-state index contributed by atoms with van der Waals surface area (Å²) in [5, 5.41) is 7.82. The number of rotatable bonds is 5. The maximum Gasteiger partial charge on any atom is 0.224 e. The Hall–Kier alpha value is -3.19. The number of H-pyrrole nitrogens is 1. The van der Waals surface area contributed by atoms with Crippen molar-refractivity contribution in [1.29, 1.82) is 0 Å². The second-order valence-corrected chi connectivity index (χ2v) is 7.08. The van der Waals surface area contributed by atoms with E-state index in [4.69, 9.17) is 4.74 Å². The van der Waals surface area contributed by atoms with E-state index in [1.807, 2.05) is 18.3 Å². The van der Waals surface area contributed by atoms with Crippen LogP contribution in [0.1, 0.15) is 12.0 Å². The van der Waals surface area contributed by atoms with Gasteiger partial charge < -0.3 is 20.4 Å². The van der Waals surface area contributed by atoms with E-state index in [9.17, 15) is 0 Å². The molecule has 7 heteroatoms. The van der Waals surface area contributed by atoms with Gasteiger partial charge in [0.2, 0.25) is 5.95 Å². The molecule has 2 aliphatic rings. The van der Waals surface area contributed by atoms with E-state index in [2.05, 4.69) is 54.9 Å². The summed E-state index contributed by atoms with van der Waals surface area (Å²) in [6.45, 7) is 3.06. The molecule has 2 aromatic heterocycles. The van der Waals surface area contributed by atoms with Crippen molar-refractivity contribution in [1.82, 2.24) is 15.0 Å². The first-order chi connectivity index (χ1) is 13.8. The van der Waals surface area contributed by atoms with Crippen LogP contribution in [-0.2, 0) is 11.3 Å². The first kappa shape index (κ1) is 16.9. The summed E-state index contributed by atoms with van der Waals surface area (Å²) in [5.74, 6) is 2.67. The number of amidine groups is 1. The van der Waals surface area contributed by atoms with Crippen molar-refractivity contribution < 1.29 is 4.74 Å². The van der Waals surface area contributed by atoms with Crippen molar-refractivity contribution in [2.75, 3.05) is 30.4 Å². The third kappa shape index (κ3) is 3.48. The Bertz CT molecular complexity index is 1050. The minimum Gasteiger partial charge on any atom is -0.381 e. The van der Waals surface area contributed by atoms with Crippen LogP contribution in [0.4, 0.5) is 11.8 Å². The Morgan fingerprint density at radius 2 is 2.21 bits per heavy atom. The Morgan fingerprint density at radius 3 is 3.14 bits per heavy atom. The summed E-state index contributed by atoms with van der Waals surface area (Å²) in [5.41, 5.74) is 3.67. The average molecular weight is 374 g/mol. The summed E-state index contributed by atoms with van der Waals surface area (Å²) in [6.07, 6.45) is 6.92. The molecule has 1 saturated heterocycles. The van der Waals surface area contributed by atoms with Crippen molar-refractivity contribution in [3.05, 3.63) is 59.9 Å². The number of hydrogen-bond donors (Lipinski definition) is 3. The van der Waals surface area contributed by atoms with Crippen LogP contribution in [0.3, 0.4) is 0 Å². The van der Waals surface area contributed by atoms with Gasteiger partial charge in [-0.25, -0.2) is 4.98 Å². The van der Waals surface area contributed by atoms with Gasteiger partial charge in [-0.1, -0.05) is 12.1 Å². The Labute approximate surface area is 163 Å². The van der Waals surface area contributed by atoms with Gasteiger partial charge in [-0.05, 0) is 41.8 Å². The van der Waals surface area contributed by atoms with E-state index in [0.29, 0.717) is 18.4 Å². The van der Waals surface area contributed by atoms with Gasteiger partial charge in [-0.2, -0.15) is 4.98 Å². The molecule has 3 N–H and O–H groups in total. The molecule has 0 spiro atoms. The molecular weight excluding hydrogens is 352 g/mol. The fraction of sp³-hybridized carbons (Fsp3) is 0.286. The molecule has 7 nitrogen and oxygen atoms in total. The fourth-order valence-corrected chi connectivity index (χ4v) is 3.72. The SMILES string of the molecule is C1=C(C2CCOC2)CN=C1Nc1ccnc(NCc2cccc3[nH]ccc23)n1. The third-order valence-corrected chi connectivity index (χ3v) is 5.24. The normalized spacial score (nSPS) is 18.9. The second-order valence-electron chi connectivity index (χ2n) is 7.08. The maximum atomic E-state index is 5.48. The number of ether oxygens (including phenoxy) is 1. The Kier molecular flexibility index (Phi) is 4.50. The minimum absolute atomic E-state index is 0.502. The molecule has 0 saturated carbocycles. The van der Waals surface area contributed by atoms with Gasteiger partial charge in [0, 0.05) is 42.4 Å². The molecule has 1 aromatic carbocycles. The third-order valence-electron chi connectivity index (χ3n) is 5.24. The first-order valence-corrected chi connectivity index (χ1v) is 9.57. The van der Waals surface area contributed by atoms with E-state index >= 15 is 0 Å². The highest BCUT2D eigenvalue weighted by molar-refractivity contribution is 6.05. The molecule has 2 aliphatic heterocycles. The van der Waals surface area contributed by atoms with Crippen molar-refractivity contribution in [2.45, 2.75) is 13.0 Å². The number of aromatic amines is 1. The second kappa shape index (κ2) is 7.44. The number of benzene rings is 1. The number of aromatic nitrogens is 3. The lowest BCUT2D eigenvalue weighted by atomic mass is 9.99. The lowest BCUT2D eigenvalue weighted by molar-refractivity contribution is 0.190. The molecule has 1 unspecified atom stereocenters. The molecule has 0 radical (unpaired) electrons. The molecule has 0 bridgehead atoms. The fourth-order valence-electron chi connectivity index (χ4n) is 3.72. The zero-order valence-electron chi connectivity index (χ0n) is 15.5. The van der Waals surface area contributed by atoms with E-state index in [1.54, 1.807) is 6.20 Å². The summed E-state index contributed by atoms with van der Waals surface area (Å²) >= 11 is 0. The van der Waals surface area contributed by atoms with E-state index in [0.717, 1.165) is 43.3 Å². The minimum atomic E-state index is 0.502.